The number of benzene rings is 1. The van der Waals surface area contributed by atoms with Gasteiger partial charge in [-0.05, 0) is 37.3 Å². The molecule has 0 radical (unpaired) electrons. The molecule has 1 fully saturated rings. The molecule has 1 aliphatic rings. The highest BCUT2D eigenvalue weighted by Gasteiger charge is 2.15. The zero-order chi connectivity index (χ0) is 13.2. The van der Waals surface area contributed by atoms with E-state index in [1.165, 1.54) is 49.6 Å². The van der Waals surface area contributed by atoms with Crippen molar-refractivity contribution in [1.29, 1.82) is 0 Å². The highest BCUT2D eigenvalue weighted by Crippen LogP contribution is 2.29. The number of para-hydroxylation sites is 1. The van der Waals surface area contributed by atoms with Crippen LogP contribution in [0.25, 0.3) is 11.0 Å². The Labute approximate surface area is 114 Å². The number of hydrogen-bond acceptors (Lipinski definition) is 2. The van der Waals surface area contributed by atoms with Crippen LogP contribution in [0.5, 0.6) is 0 Å². The van der Waals surface area contributed by atoms with Crippen LogP contribution in [0.15, 0.2) is 18.2 Å². The Morgan fingerprint density at radius 3 is 2.89 bits per heavy atom. The summed E-state index contributed by atoms with van der Waals surface area (Å²) in [6, 6.07) is 6.23. The molecule has 3 nitrogen and oxygen atoms in total. The summed E-state index contributed by atoms with van der Waals surface area (Å²) in [6.45, 7) is 3.14. The van der Waals surface area contributed by atoms with Crippen molar-refractivity contribution in [3.05, 3.63) is 23.8 Å². The predicted molar refractivity (Wildman–Crippen MR) is 80.1 cm³/mol. The first-order valence-electron chi connectivity index (χ1n) is 7.47. The molecule has 102 valence electrons. The summed E-state index contributed by atoms with van der Waals surface area (Å²) >= 11 is 0. The fourth-order valence-corrected chi connectivity index (χ4v) is 3.45. The van der Waals surface area contributed by atoms with Crippen LogP contribution in [0.1, 0.15) is 44.1 Å². The summed E-state index contributed by atoms with van der Waals surface area (Å²) in [5, 5.41) is 0. The smallest absolute Gasteiger partial charge is 0.201 e. The normalized spacial score (nSPS) is 16.5. The number of aryl methyl sites for hydroxylation is 2. The minimum Gasteiger partial charge on any atom is -0.369 e. The van der Waals surface area contributed by atoms with Crippen molar-refractivity contribution < 1.29 is 0 Å². The van der Waals surface area contributed by atoms with Gasteiger partial charge in [0.15, 0.2) is 0 Å². The van der Waals surface area contributed by atoms with Gasteiger partial charge in [0.2, 0.25) is 5.95 Å². The van der Waals surface area contributed by atoms with Gasteiger partial charge in [0.05, 0.1) is 11.0 Å². The van der Waals surface area contributed by atoms with E-state index in [2.05, 4.69) is 22.5 Å². The molecule has 0 bridgehead atoms. The van der Waals surface area contributed by atoms with E-state index in [-0.39, 0.29) is 0 Å². The van der Waals surface area contributed by atoms with Crippen LogP contribution in [0.3, 0.4) is 0 Å². The molecule has 0 saturated heterocycles. The molecule has 3 heteroatoms. The molecule has 0 aliphatic heterocycles. The van der Waals surface area contributed by atoms with E-state index in [0.29, 0.717) is 5.95 Å². The number of nitrogens with two attached hydrogens (primary N) is 1. The van der Waals surface area contributed by atoms with Crippen LogP contribution in [0, 0.1) is 12.8 Å². The van der Waals surface area contributed by atoms with Gasteiger partial charge < -0.3 is 10.3 Å². The lowest BCUT2D eigenvalue weighted by atomic mass is 10.0. The fourth-order valence-electron chi connectivity index (χ4n) is 3.45. The van der Waals surface area contributed by atoms with E-state index < -0.39 is 0 Å². The monoisotopic (exact) mass is 257 g/mol. The van der Waals surface area contributed by atoms with Gasteiger partial charge in [-0.2, -0.15) is 0 Å². The van der Waals surface area contributed by atoms with Crippen molar-refractivity contribution in [2.24, 2.45) is 5.92 Å². The van der Waals surface area contributed by atoms with E-state index in [0.717, 1.165) is 18.0 Å². The molecule has 1 aliphatic carbocycles. The Morgan fingerprint density at radius 2 is 2.11 bits per heavy atom. The molecule has 19 heavy (non-hydrogen) atoms. The quantitative estimate of drug-likeness (QED) is 0.902. The third-order valence-electron chi connectivity index (χ3n) is 4.47. The van der Waals surface area contributed by atoms with Crippen molar-refractivity contribution in [3.63, 3.8) is 0 Å². The predicted octanol–water partition coefficient (Wildman–Crippen LogP) is 3.90. The molecule has 2 aromatic rings. The lowest BCUT2D eigenvalue weighted by molar-refractivity contribution is 0.462. The minimum atomic E-state index is 0.663. The molecule has 0 atom stereocenters. The maximum atomic E-state index is 6.07. The van der Waals surface area contributed by atoms with Gasteiger partial charge in [-0.25, -0.2) is 4.98 Å². The molecular formula is C16H23N3. The van der Waals surface area contributed by atoms with Crippen LogP contribution in [-0.4, -0.2) is 9.55 Å². The minimum absolute atomic E-state index is 0.663. The van der Waals surface area contributed by atoms with Gasteiger partial charge in [0, 0.05) is 6.54 Å². The van der Waals surface area contributed by atoms with Crippen molar-refractivity contribution >= 4 is 17.0 Å². The molecule has 0 spiro atoms. The fraction of sp³-hybridized carbons (Fsp3) is 0.562. The van der Waals surface area contributed by atoms with E-state index in [9.17, 15) is 0 Å². The number of nitrogens with zero attached hydrogens (tertiary/aromatic N) is 2. The number of imidazole rings is 1. The number of nitrogen functional groups attached to an aromatic ring is 1. The highest BCUT2D eigenvalue weighted by atomic mass is 15.1. The standard InChI is InChI=1S/C16H23N3/c1-12-6-4-10-14-15(12)19(16(17)18-14)11-5-9-13-7-2-3-8-13/h4,6,10,13H,2-3,5,7-9,11H2,1H3,(H2,17,18). The van der Waals surface area contributed by atoms with Gasteiger partial charge in [-0.15, -0.1) is 0 Å². The van der Waals surface area contributed by atoms with E-state index in [1.54, 1.807) is 0 Å². The van der Waals surface area contributed by atoms with Crippen LogP contribution in [0.2, 0.25) is 0 Å². The molecule has 1 aromatic heterocycles. The summed E-state index contributed by atoms with van der Waals surface area (Å²) in [4.78, 5) is 4.47. The molecule has 0 amide bonds. The Bertz CT molecular complexity index is 565. The molecule has 2 N–H and O–H groups in total. The second-order valence-electron chi connectivity index (χ2n) is 5.86. The van der Waals surface area contributed by atoms with Gasteiger partial charge in [-0.3, -0.25) is 0 Å². The second kappa shape index (κ2) is 5.24. The Kier molecular flexibility index (Phi) is 3.45. The number of hydrogen-bond donors (Lipinski definition) is 1. The number of fused-ring (bicyclic) bond motifs is 1. The molecular weight excluding hydrogens is 234 g/mol. The molecule has 1 aromatic carbocycles. The van der Waals surface area contributed by atoms with E-state index >= 15 is 0 Å². The lowest BCUT2D eigenvalue weighted by Gasteiger charge is -2.11. The average Bonchev–Trinajstić information content (AvgIpc) is 2.99. The third-order valence-corrected chi connectivity index (χ3v) is 4.47. The first-order valence-corrected chi connectivity index (χ1v) is 7.47. The third kappa shape index (κ3) is 2.46. The molecule has 3 rings (SSSR count). The van der Waals surface area contributed by atoms with Crippen molar-refractivity contribution in [2.75, 3.05) is 5.73 Å². The second-order valence-corrected chi connectivity index (χ2v) is 5.86. The SMILES string of the molecule is Cc1cccc2nc(N)n(CCCC3CCCC3)c12. The van der Waals surface area contributed by atoms with E-state index in [4.69, 9.17) is 5.73 Å². The molecule has 1 saturated carbocycles. The van der Waals surface area contributed by atoms with Crippen molar-refractivity contribution in [2.45, 2.75) is 52.0 Å². The Balaban J connectivity index is 1.74. The summed E-state index contributed by atoms with van der Waals surface area (Å²) < 4.78 is 2.19. The van der Waals surface area contributed by atoms with Crippen LogP contribution in [-0.2, 0) is 6.54 Å². The maximum absolute atomic E-state index is 6.07. The molecule has 0 unspecified atom stereocenters. The Morgan fingerprint density at radius 1 is 1.32 bits per heavy atom. The van der Waals surface area contributed by atoms with Gasteiger partial charge in [-0.1, -0.05) is 37.8 Å². The van der Waals surface area contributed by atoms with Crippen molar-refractivity contribution in [1.82, 2.24) is 9.55 Å². The largest absolute Gasteiger partial charge is 0.369 e. The van der Waals surface area contributed by atoms with Crippen LogP contribution >= 0.6 is 0 Å². The summed E-state index contributed by atoms with van der Waals surface area (Å²) in [6.07, 6.45) is 8.28. The zero-order valence-corrected chi connectivity index (χ0v) is 11.7. The topological polar surface area (TPSA) is 43.8 Å². The van der Waals surface area contributed by atoms with Crippen LogP contribution in [0.4, 0.5) is 5.95 Å². The number of rotatable bonds is 4. The van der Waals surface area contributed by atoms with Gasteiger partial charge in [0.25, 0.3) is 0 Å². The van der Waals surface area contributed by atoms with Crippen LogP contribution < -0.4 is 5.73 Å². The number of anilines is 1. The zero-order valence-electron chi connectivity index (χ0n) is 11.7. The highest BCUT2D eigenvalue weighted by molar-refractivity contribution is 5.81. The maximum Gasteiger partial charge on any atom is 0.201 e. The van der Waals surface area contributed by atoms with E-state index in [1.807, 2.05) is 12.1 Å². The average molecular weight is 257 g/mol. The summed E-state index contributed by atoms with van der Waals surface area (Å²) in [5.74, 6) is 1.62. The summed E-state index contributed by atoms with van der Waals surface area (Å²) in [7, 11) is 0. The lowest BCUT2D eigenvalue weighted by Crippen LogP contribution is -2.05. The van der Waals surface area contributed by atoms with Gasteiger partial charge in [0.1, 0.15) is 0 Å². The number of aromatic nitrogens is 2. The first-order chi connectivity index (χ1) is 9.25. The Hall–Kier alpha value is -1.51. The summed E-state index contributed by atoms with van der Waals surface area (Å²) in [5.41, 5.74) is 9.58. The van der Waals surface area contributed by atoms with Gasteiger partial charge >= 0.3 is 0 Å². The van der Waals surface area contributed by atoms with Crippen molar-refractivity contribution in [3.8, 4) is 0 Å². The molecule has 1 heterocycles. The first kappa shape index (κ1) is 12.5.